The molecule has 1 aromatic heterocycles. The molecule has 1 unspecified atom stereocenters. The number of para-hydroxylation sites is 2. The number of carbonyl (C=O) groups excluding carboxylic acids is 1. The molecule has 4 rings (SSSR count). The number of hydrogen-bond acceptors (Lipinski definition) is 3. The number of nitrogens with zero attached hydrogens (tertiary/aromatic N) is 3. The third-order valence-corrected chi connectivity index (χ3v) is 6.31. The van der Waals surface area contributed by atoms with Crippen molar-refractivity contribution in [1.82, 2.24) is 19.4 Å². The summed E-state index contributed by atoms with van der Waals surface area (Å²) in [6.45, 7) is 5.59. The van der Waals surface area contributed by atoms with Gasteiger partial charge < -0.3 is 9.88 Å². The van der Waals surface area contributed by atoms with E-state index in [1.54, 1.807) is 0 Å². The Morgan fingerprint density at radius 3 is 2.41 bits per heavy atom. The number of nitrogens with one attached hydrogen (secondary N) is 1. The van der Waals surface area contributed by atoms with Crippen LogP contribution in [0.25, 0.3) is 11.0 Å². The number of likely N-dealkylation sites (tertiary alicyclic amines) is 2. The van der Waals surface area contributed by atoms with E-state index in [1.165, 1.54) is 25.7 Å². The maximum absolute atomic E-state index is 13.0. The number of fused-ring (bicyclic) bond motifs is 1. The van der Waals surface area contributed by atoms with Crippen LogP contribution in [0.2, 0.25) is 0 Å². The monoisotopic (exact) mass is 370 g/mol. The van der Waals surface area contributed by atoms with E-state index >= 15 is 0 Å². The highest BCUT2D eigenvalue weighted by Crippen LogP contribution is 2.25. The summed E-state index contributed by atoms with van der Waals surface area (Å²) in [6.07, 6.45) is 6.62. The van der Waals surface area contributed by atoms with Gasteiger partial charge in [0.25, 0.3) is 0 Å². The van der Waals surface area contributed by atoms with Gasteiger partial charge in [0.05, 0.1) is 17.1 Å². The molecule has 2 aromatic rings. The minimum absolute atomic E-state index is 0.0320. The second kappa shape index (κ2) is 7.89. The lowest BCUT2D eigenvalue weighted by atomic mass is 10.0. The van der Waals surface area contributed by atoms with E-state index in [4.69, 9.17) is 0 Å². The first kappa shape index (κ1) is 18.3. The van der Waals surface area contributed by atoms with Crippen LogP contribution in [0.15, 0.2) is 29.1 Å². The second-order valence-electron chi connectivity index (χ2n) is 8.00. The van der Waals surface area contributed by atoms with Crippen molar-refractivity contribution in [2.75, 3.05) is 26.2 Å². The number of imidazole rings is 1. The van der Waals surface area contributed by atoms with E-state index in [1.807, 2.05) is 33.7 Å². The first-order valence-corrected chi connectivity index (χ1v) is 10.4. The van der Waals surface area contributed by atoms with Crippen molar-refractivity contribution >= 4 is 16.9 Å². The lowest BCUT2D eigenvalue weighted by Gasteiger charge is -2.36. The molecule has 6 heteroatoms. The van der Waals surface area contributed by atoms with Crippen LogP contribution >= 0.6 is 0 Å². The maximum atomic E-state index is 13.0. The minimum atomic E-state index is -0.0427. The Kier molecular flexibility index (Phi) is 5.34. The Morgan fingerprint density at radius 1 is 1.04 bits per heavy atom. The number of aromatic amines is 1. The fraction of sp³-hybridized carbons (Fsp3) is 0.619. The zero-order chi connectivity index (χ0) is 18.8. The summed E-state index contributed by atoms with van der Waals surface area (Å²) >= 11 is 0. The average molecular weight is 370 g/mol. The molecule has 2 fully saturated rings. The van der Waals surface area contributed by atoms with Crippen molar-refractivity contribution in [2.24, 2.45) is 0 Å². The lowest BCUT2D eigenvalue weighted by molar-refractivity contribution is -0.137. The molecule has 2 saturated heterocycles. The maximum Gasteiger partial charge on any atom is 0.326 e. The zero-order valence-corrected chi connectivity index (χ0v) is 16.2. The van der Waals surface area contributed by atoms with Crippen LogP contribution in [0.3, 0.4) is 0 Å². The van der Waals surface area contributed by atoms with E-state index in [0.717, 1.165) is 50.1 Å². The molecule has 0 saturated carbocycles. The van der Waals surface area contributed by atoms with Gasteiger partial charge in [-0.25, -0.2) is 4.79 Å². The molecule has 0 radical (unpaired) electrons. The number of rotatable bonds is 3. The molecule has 1 atom stereocenters. The molecule has 2 aliphatic heterocycles. The molecular weight excluding hydrogens is 340 g/mol. The van der Waals surface area contributed by atoms with Crippen molar-refractivity contribution < 1.29 is 4.79 Å². The van der Waals surface area contributed by atoms with Crippen LogP contribution in [-0.4, -0.2) is 57.5 Å². The molecule has 0 bridgehead atoms. The standard InChI is InChI=1S/C21H30N4O2/c1-16(23-12-6-2-3-7-13-23)20(26)24-14-10-17(11-15-24)25-19-9-5-4-8-18(19)22-21(25)27/h4-5,8-9,16-17H,2-3,6-7,10-15H2,1H3,(H,22,27). The molecule has 0 aliphatic carbocycles. The van der Waals surface area contributed by atoms with Crippen LogP contribution in [-0.2, 0) is 4.79 Å². The normalized spacial score (nSPS) is 21.3. The number of benzene rings is 1. The molecule has 27 heavy (non-hydrogen) atoms. The molecule has 3 heterocycles. The zero-order valence-electron chi connectivity index (χ0n) is 16.2. The summed E-state index contributed by atoms with van der Waals surface area (Å²) in [6, 6.07) is 7.96. The third kappa shape index (κ3) is 3.68. The number of H-pyrrole nitrogens is 1. The van der Waals surface area contributed by atoms with Gasteiger partial charge in [-0.15, -0.1) is 0 Å². The minimum Gasteiger partial charge on any atom is -0.341 e. The molecule has 2 aliphatic rings. The Bertz CT molecular complexity index is 839. The van der Waals surface area contributed by atoms with E-state index in [9.17, 15) is 9.59 Å². The first-order valence-electron chi connectivity index (χ1n) is 10.4. The summed E-state index contributed by atoms with van der Waals surface area (Å²) in [5.41, 5.74) is 1.81. The molecule has 1 amide bonds. The van der Waals surface area contributed by atoms with Gasteiger partial charge in [-0.2, -0.15) is 0 Å². The van der Waals surface area contributed by atoms with Gasteiger partial charge >= 0.3 is 5.69 Å². The highest BCUT2D eigenvalue weighted by atomic mass is 16.2. The van der Waals surface area contributed by atoms with Crippen LogP contribution in [0.5, 0.6) is 0 Å². The molecule has 6 nitrogen and oxygen atoms in total. The van der Waals surface area contributed by atoms with Crippen LogP contribution in [0.4, 0.5) is 0 Å². The largest absolute Gasteiger partial charge is 0.341 e. The number of piperidine rings is 1. The molecule has 1 aromatic carbocycles. The fourth-order valence-electron chi connectivity index (χ4n) is 4.68. The van der Waals surface area contributed by atoms with Crippen molar-refractivity contribution in [3.05, 3.63) is 34.7 Å². The van der Waals surface area contributed by atoms with E-state index in [-0.39, 0.29) is 23.7 Å². The molecule has 146 valence electrons. The molecule has 0 spiro atoms. The summed E-state index contributed by atoms with van der Waals surface area (Å²) in [5, 5.41) is 0. The topological polar surface area (TPSA) is 61.3 Å². The lowest BCUT2D eigenvalue weighted by Crippen LogP contribution is -2.50. The van der Waals surface area contributed by atoms with Gasteiger partial charge in [0, 0.05) is 19.1 Å². The van der Waals surface area contributed by atoms with Crippen molar-refractivity contribution in [3.8, 4) is 0 Å². The van der Waals surface area contributed by atoms with Gasteiger partial charge in [0.1, 0.15) is 0 Å². The number of carbonyl (C=O) groups is 1. The Morgan fingerprint density at radius 2 is 1.70 bits per heavy atom. The fourth-order valence-corrected chi connectivity index (χ4v) is 4.68. The number of amides is 1. The predicted molar refractivity (Wildman–Crippen MR) is 107 cm³/mol. The average Bonchev–Trinajstić information content (AvgIpc) is 2.86. The number of hydrogen-bond donors (Lipinski definition) is 1. The van der Waals surface area contributed by atoms with Crippen molar-refractivity contribution in [2.45, 2.75) is 57.5 Å². The van der Waals surface area contributed by atoms with Crippen LogP contribution in [0, 0.1) is 0 Å². The Labute approximate surface area is 160 Å². The van der Waals surface area contributed by atoms with E-state index < -0.39 is 0 Å². The Balaban J connectivity index is 1.41. The highest BCUT2D eigenvalue weighted by Gasteiger charge is 2.30. The van der Waals surface area contributed by atoms with Crippen LogP contribution < -0.4 is 5.69 Å². The molecule has 1 N–H and O–H groups in total. The van der Waals surface area contributed by atoms with Gasteiger partial charge in [-0.1, -0.05) is 25.0 Å². The van der Waals surface area contributed by atoms with Crippen molar-refractivity contribution in [3.63, 3.8) is 0 Å². The second-order valence-corrected chi connectivity index (χ2v) is 8.00. The third-order valence-electron chi connectivity index (χ3n) is 6.31. The van der Waals surface area contributed by atoms with Gasteiger partial charge in [-0.05, 0) is 57.8 Å². The number of aromatic nitrogens is 2. The van der Waals surface area contributed by atoms with E-state index in [0.29, 0.717) is 0 Å². The predicted octanol–water partition coefficient (Wildman–Crippen LogP) is 2.76. The van der Waals surface area contributed by atoms with Gasteiger partial charge in [0.15, 0.2) is 0 Å². The summed E-state index contributed by atoms with van der Waals surface area (Å²) in [4.78, 5) is 32.7. The van der Waals surface area contributed by atoms with Crippen molar-refractivity contribution in [1.29, 1.82) is 0 Å². The Hall–Kier alpha value is -2.08. The van der Waals surface area contributed by atoms with Gasteiger partial charge in [-0.3, -0.25) is 14.3 Å². The van der Waals surface area contributed by atoms with E-state index in [2.05, 4.69) is 16.8 Å². The highest BCUT2D eigenvalue weighted by molar-refractivity contribution is 5.81. The van der Waals surface area contributed by atoms with Gasteiger partial charge in [0.2, 0.25) is 5.91 Å². The smallest absolute Gasteiger partial charge is 0.326 e. The molecular formula is C21H30N4O2. The quantitative estimate of drug-likeness (QED) is 0.904. The SMILES string of the molecule is CC(C(=O)N1CCC(n2c(=O)[nH]c3ccccc32)CC1)N1CCCCCC1. The summed E-state index contributed by atoms with van der Waals surface area (Å²) < 4.78 is 1.88. The summed E-state index contributed by atoms with van der Waals surface area (Å²) in [5.74, 6) is 0.252. The van der Waals surface area contributed by atoms with Crippen LogP contribution in [0.1, 0.15) is 51.5 Å². The summed E-state index contributed by atoms with van der Waals surface area (Å²) in [7, 11) is 0. The first-order chi connectivity index (χ1) is 13.1.